The molecule has 0 bridgehead atoms. The summed E-state index contributed by atoms with van der Waals surface area (Å²) in [6.07, 6.45) is 2.87. The zero-order valence-corrected chi connectivity index (χ0v) is 22.5. The molecule has 0 aliphatic carbocycles. The Morgan fingerprint density at radius 3 is 2.38 bits per heavy atom. The number of pyridine rings is 1. The van der Waals surface area contributed by atoms with Crippen molar-refractivity contribution in [3.05, 3.63) is 89.8 Å². The molecule has 3 aromatic heterocycles. The normalized spacial score (nSPS) is 12.4. The van der Waals surface area contributed by atoms with Crippen LogP contribution in [-0.2, 0) is 11.8 Å². The lowest BCUT2D eigenvalue weighted by Gasteiger charge is -2.22. The molecule has 0 unspecified atom stereocenters. The van der Waals surface area contributed by atoms with Crippen LogP contribution in [0, 0.1) is 12.8 Å². The molecule has 0 saturated heterocycles. The summed E-state index contributed by atoms with van der Waals surface area (Å²) in [5.74, 6) is 2.35. The van der Waals surface area contributed by atoms with Gasteiger partial charge in [-0.2, -0.15) is 0 Å². The Hall–Kier alpha value is -3.85. The predicted octanol–water partition coefficient (Wildman–Crippen LogP) is 9.87. The quantitative estimate of drug-likeness (QED) is 0.248. The molecule has 0 amide bonds. The minimum Gasteiger partial charge on any atom is -0.460 e. The first kappa shape index (κ1) is 23.5. The number of hydrogen-bond acceptors (Lipinski definition) is 3. The first-order valence-electron chi connectivity index (χ1n) is 13.1. The minimum absolute atomic E-state index is 0.00167. The zero-order chi connectivity index (χ0) is 25.9. The van der Waals surface area contributed by atoms with Gasteiger partial charge < -0.3 is 8.83 Å². The van der Waals surface area contributed by atoms with Crippen LogP contribution in [0.25, 0.3) is 55.3 Å². The summed E-state index contributed by atoms with van der Waals surface area (Å²) in [7, 11) is 0. The molecule has 0 fully saturated rings. The molecule has 6 rings (SSSR count). The summed E-state index contributed by atoms with van der Waals surface area (Å²) in [5.41, 5.74) is 7.20. The Labute approximate surface area is 218 Å². The van der Waals surface area contributed by atoms with Gasteiger partial charge >= 0.3 is 0 Å². The SMILES string of the molecule is Cc1oc2c(-c3cc4ccnc(-c5cc(C(C)(C)C)c6ccccc6c5)c4o3)cccc2c1CC(C)C. The number of fused-ring (bicyclic) bond motifs is 3. The number of aromatic nitrogens is 1. The first-order chi connectivity index (χ1) is 17.7. The van der Waals surface area contributed by atoms with Gasteiger partial charge in [-0.1, -0.05) is 71.0 Å². The molecule has 0 radical (unpaired) electrons. The second-order valence-electron chi connectivity index (χ2n) is 11.6. The molecule has 0 aliphatic rings. The van der Waals surface area contributed by atoms with Crippen molar-refractivity contribution in [3.8, 4) is 22.6 Å². The largest absolute Gasteiger partial charge is 0.460 e. The topological polar surface area (TPSA) is 39.2 Å². The fourth-order valence-electron chi connectivity index (χ4n) is 5.52. The number of nitrogens with zero attached hydrogens (tertiary/aromatic N) is 1. The highest BCUT2D eigenvalue weighted by atomic mass is 16.3. The van der Waals surface area contributed by atoms with Crippen LogP contribution in [0.4, 0.5) is 0 Å². The number of aryl methyl sites for hydroxylation is 1. The van der Waals surface area contributed by atoms with Gasteiger partial charge in [0.1, 0.15) is 22.8 Å². The third-order valence-electron chi connectivity index (χ3n) is 7.27. The highest BCUT2D eigenvalue weighted by molar-refractivity contribution is 6.00. The standard InChI is InChI=1S/C34H33NO2/c1-20(2)16-28-21(3)36-33-26(28)12-9-13-27(33)30-19-23-14-15-35-31(32(23)37-30)24-17-22-10-7-8-11-25(22)29(18-24)34(4,5)6/h7-15,17-20H,16H2,1-6H3. The summed E-state index contributed by atoms with van der Waals surface area (Å²) >= 11 is 0. The van der Waals surface area contributed by atoms with E-state index < -0.39 is 0 Å². The van der Waals surface area contributed by atoms with Crippen molar-refractivity contribution >= 4 is 32.7 Å². The lowest BCUT2D eigenvalue weighted by Crippen LogP contribution is -2.12. The molecule has 0 aliphatic heterocycles. The molecule has 6 aromatic rings. The second kappa shape index (κ2) is 8.62. The van der Waals surface area contributed by atoms with Crippen LogP contribution >= 0.6 is 0 Å². The third-order valence-corrected chi connectivity index (χ3v) is 7.27. The summed E-state index contributed by atoms with van der Waals surface area (Å²) in [4.78, 5) is 4.81. The molecule has 37 heavy (non-hydrogen) atoms. The lowest BCUT2D eigenvalue weighted by atomic mass is 9.82. The minimum atomic E-state index is -0.00167. The average molecular weight is 488 g/mol. The van der Waals surface area contributed by atoms with Gasteiger partial charge in [-0.15, -0.1) is 0 Å². The van der Waals surface area contributed by atoms with Crippen LogP contribution in [-0.4, -0.2) is 4.98 Å². The van der Waals surface area contributed by atoms with Gasteiger partial charge in [0.25, 0.3) is 0 Å². The molecule has 0 saturated carbocycles. The van der Waals surface area contributed by atoms with E-state index in [4.69, 9.17) is 13.8 Å². The first-order valence-corrected chi connectivity index (χ1v) is 13.1. The molecule has 0 spiro atoms. The van der Waals surface area contributed by atoms with Crippen molar-refractivity contribution in [1.82, 2.24) is 4.98 Å². The van der Waals surface area contributed by atoms with Crippen LogP contribution in [0.15, 0.2) is 81.8 Å². The summed E-state index contributed by atoms with van der Waals surface area (Å²) in [6.45, 7) is 13.3. The molecule has 3 aromatic carbocycles. The van der Waals surface area contributed by atoms with Crippen molar-refractivity contribution in [1.29, 1.82) is 0 Å². The zero-order valence-electron chi connectivity index (χ0n) is 22.5. The van der Waals surface area contributed by atoms with Crippen molar-refractivity contribution in [2.45, 2.75) is 53.4 Å². The maximum atomic E-state index is 6.59. The summed E-state index contributed by atoms with van der Waals surface area (Å²) in [6, 6.07) is 23.6. The number of benzene rings is 3. The van der Waals surface area contributed by atoms with Gasteiger partial charge in [0.2, 0.25) is 0 Å². The Morgan fingerprint density at radius 1 is 0.811 bits per heavy atom. The van der Waals surface area contributed by atoms with Gasteiger partial charge in [0.15, 0.2) is 5.58 Å². The highest BCUT2D eigenvalue weighted by Gasteiger charge is 2.22. The van der Waals surface area contributed by atoms with Gasteiger partial charge in [-0.05, 0) is 71.3 Å². The van der Waals surface area contributed by atoms with Crippen molar-refractivity contribution in [2.75, 3.05) is 0 Å². The van der Waals surface area contributed by atoms with E-state index in [-0.39, 0.29) is 5.41 Å². The molecule has 3 nitrogen and oxygen atoms in total. The van der Waals surface area contributed by atoms with E-state index in [2.05, 4.69) is 102 Å². The Morgan fingerprint density at radius 2 is 1.59 bits per heavy atom. The monoisotopic (exact) mass is 487 g/mol. The number of para-hydroxylation sites is 1. The number of rotatable bonds is 4. The van der Waals surface area contributed by atoms with Crippen LogP contribution in [0.3, 0.4) is 0 Å². The molecular formula is C34H33NO2. The van der Waals surface area contributed by atoms with Crippen LogP contribution in [0.2, 0.25) is 0 Å². The van der Waals surface area contributed by atoms with Crippen molar-refractivity contribution in [3.63, 3.8) is 0 Å². The maximum absolute atomic E-state index is 6.59. The Bertz CT molecular complexity index is 1780. The van der Waals surface area contributed by atoms with Crippen LogP contribution in [0.5, 0.6) is 0 Å². The molecule has 3 heteroatoms. The summed E-state index contributed by atoms with van der Waals surface area (Å²) < 4.78 is 12.9. The lowest BCUT2D eigenvalue weighted by molar-refractivity contribution is 0.558. The van der Waals surface area contributed by atoms with E-state index in [1.807, 2.05) is 12.3 Å². The van der Waals surface area contributed by atoms with E-state index in [9.17, 15) is 0 Å². The average Bonchev–Trinajstić information content (AvgIpc) is 3.43. The molecule has 0 atom stereocenters. The highest BCUT2D eigenvalue weighted by Crippen LogP contribution is 2.40. The van der Waals surface area contributed by atoms with E-state index in [1.54, 1.807) is 0 Å². The third kappa shape index (κ3) is 4.03. The smallest absolute Gasteiger partial charge is 0.161 e. The second-order valence-corrected chi connectivity index (χ2v) is 11.6. The van der Waals surface area contributed by atoms with Gasteiger partial charge in [-0.3, -0.25) is 4.98 Å². The van der Waals surface area contributed by atoms with Crippen LogP contribution < -0.4 is 0 Å². The van der Waals surface area contributed by atoms with E-state index in [0.717, 1.165) is 51.3 Å². The van der Waals surface area contributed by atoms with Gasteiger partial charge in [0.05, 0.1) is 5.56 Å². The predicted molar refractivity (Wildman–Crippen MR) is 154 cm³/mol. The van der Waals surface area contributed by atoms with E-state index in [0.29, 0.717) is 5.92 Å². The maximum Gasteiger partial charge on any atom is 0.161 e. The Balaban J connectivity index is 1.55. The molecule has 3 heterocycles. The van der Waals surface area contributed by atoms with Crippen LogP contribution in [0.1, 0.15) is 51.5 Å². The molecular weight excluding hydrogens is 454 g/mol. The van der Waals surface area contributed by atoms with Crippen molar-refractivity contribution < 1.29 is 8.83 Å². The number of hydrogen-bond donors (Lipinski definition) is 0. The van der Waals surface area contributed by atoms with E-state index >= 15 is 0 Å². The molecule has 0 N–H and O–H groups in total. The number of furan rings is 2. The van der Waals surface area contributed by atoms with Gasteiger partial charge in [-0.25, -0.2) is 0 Å². The van der Waals surface area contributed by atoms with E-state index in [1.165, 1.54) is 27.3 Å². The van der Waals surface area contributed by atoms with Crippen molar-refractivity contribution in [2.24, 2.45) is 5.92 Å². The molecule has 186 valence electrons. The van der Waals surface area contributed by atoms with Gasteiger partial charge in [0, 0.05) is 28.1 Å². The summed E-state index contributed by atoms with van der Waals surface area (Å²) in [5, 5.41) is 4.70. The Kier molecular flexibility index (Phi) is 5.49. The fraction of sp³-hybridized carbons (Fsp3) is 0.265. The fourth-order valence-corrected chi connectivity index (χ4v) is 5.52.